The van der Waals surface area contributed by atoms with Crippen LogP contribution in [0.4, 0.5) is 0 Å². The van der Waals surface area contributed by atoms with Gasteiger partial charge >= 0.3 is 0 Å². The summed E-state index contributed by atoms with van der Waals surface area (Å²) in [5, 5.41) is 0.598. The average molecular weight is 583 g/mol. The van der Waals surface area contributed by atoms with Gasteiger partial charge < -0.3 is 0 Å². The minimum atomic E-state index is 0.597. The lowest BCUT2D eigenvalue weighted by Gasteiger charge is -2.35. The molecule has 2 unspecified atom stereocenters. The molecule has 0 aliphatic rings. The summed E-state index contributed by atoms with van der Waals surface area (Å²) in [6, 6.07) is 0. The van der Waals surface area contributed by atoms with Gasteiger partial charge in [0.15, 0.2) is 0 Å². The van der Waals surface area contributed by atoms with Gasteiger partial charge in [0.1, 0.15) is 0 Å². The Hall–Kier alpha value is 1.75. The van der Waals surface area contributed by atoms with Crippen LogP contribution in [-0.2, 0) is 0 Å². The molecule has 0 radical (unpaired) electrons. The Morgan fingerprint density at radius 3 is 1.00 bits per heavy atom. The zero-order chi connectivity index (χ0) is 25.9. The van der Waals surface area contributed by atoms with Gasteiger partial charge in [0, 0.05) is 5.25 Å². The Morgan fingerprint density at radius 2 is 0.600 bits per heavy atom. The standard InChI is InChI=1S/C30H62S5/c31-25-15-6-1-3-11-21-30(24-14-8-17-27-33,23-13-5-7-16-26-32)22-12-4-2-9-19-29(35)20-10-18-28-34/h29,31-35H,1-28H2. The molecule has 0 rings (SSSR count). The summed E-state index contributed by atoms with van der Waals surface area (Å²) in [6.45, 7) is 0. The average Bonchev–Trinajstić information content (AvgIpc) is 2.86. The second-order valence-electron chi connectivity index (χ2n) is 11.0. The van der Waals surface area contributed by atoms with Crippen molar-refractivity contribution in [2.75, 3.05) is 23.0 Å². The van der Waals surface area contributed by atoms with Crippen molar-refractivity contribution in [2.45, 2.75) is 159 Å². The van der Waals surface area contributed by atoms with E-state index in [-0.39, 0.29) is 0 Å². The monoisotopic (exact) mass is 582 g/mol. The fraction of sp³-hybridized carbons (Fsp3) is 1.00. The van der Waals surface area contributed by atoms with Crippen LogP contribution in [0.2, 0.25) is 0 Å². The molecule has 35 heavy (non-hydrogen) atoms. The Labute approximate surface area is 249 Å². The molecule has 0 nitrogen and oxygen atoms in total. The number of unbranched alkanes of at least 4 members (excludes halogenated alkanes) is 13. The van der Waals surface area contributed by atoms with Crippen molar-refractivity contribution >= 4 is 63.1 Å². The van der Waals surface area contributed by atoms with Gasteiger partial charge in [0.05, 0.1) is 0 Å². The van der Waals surface area contributed by atoms with Crippen molar-refractivity contribution in [3.05, 3.63) is 0 Å². The smallest absolute Gasteiger partial charge is 0.00168 e. The van der Waals surface area contributed by atoms with E-state index in [9.17, 15) is 0 Å². The summed E-state index contributed by atoms with van der Waals surface area (Å²) in [7, 11) is 0. The molecule has 0 spiro atoms. The molecule has 0 amide bonds. The fourth-order valence-corrected chi connectivity index (χ4v) is 6.78. The van der Waals surface area contributed by atoms with Crippen LogP contribution < -0.4 is 0 Å². The lowest BCUT2D eigenvalue weighted by molar-refractivity contribution is 0.172. The van der Waals surface area contributed by atoms with E-state index < -0.39 is 0 Å². The number of thiol groups is 5. The molecular weight excluding hydrogens is 521 g/mol. The van der Waals surface area contributed by atoms with Gasteiger partial charge in [-0.05, 0) is 92.6 Å². The first kappa shape index (κ1) is 36.8. The van der Waals surface area contributed by atoms with Crippen molar-refractivity contribution in [3.63, 3.8) is 0 Å². The van der Waals surface area contributed by atoms with Crippen LogP contribution in [0, 0.1) is 5.41 Å². The molecule has 0 aliphatic carbocycles. The van der Waals surface area contributed by atoms with E-state index in [1.807, 2.05) is 0 Å². The molecule has 212 valence electrons. The molecule has 0 heterocycles. The fourth-order valence-electron chi connectivity index (χ4n) is 5.52. The summed E-state index contributed by atoms with van der Waals surface area (Å²) in [6.07, 6.45) is 32.9. The Kier molecular flexibility index (Phi) is 30.2. The lowest BCUT2D eigenvalue weighted by Crippen LogP contribution is -2.21. The van der Waals surface area contributed by atoms with E-state index in [0.29, 0.717) is 10.7 Å². The third kappa shape index (κ3) is 24.5. The van der Waals surface area contributed by atoms with Gasteiger partial charge in [-0.25, -0.2) is 0 Å². The van der Waals surface area contributed by atoms with Crippen molar-refractivity contribution < 1.29 is 0 Å². The highest BCUT2D eigenvalue weighted by Crippen LogP contribution is 2.42. The quantitative estimate of drug-likeness (QED) is 0.0420. The molecule has 0 fully saturated rings. The largest absolute Gasteiger partial charge is 0.179 e. The van der Waals surface area contributed by atoms with Crippen LogP contribution >= 0.6 is 63.1 Å². The van der Waals surface area contributed by atoms with Crippen molar-refractivity contribution in [3.8, 4) is 0 Å². The van der Waals surface area contributed by atoms with E-state index in [1.54, 1.807) is 0 Å². The highest BCUT2D eigenvalue weighted by Gasteiger charge is 2.28. The van der Waals surface area contributed by atoms with Gasteiger partial charge in [-0.3, -0.25) is 0 Å². The van der Waals surface area contributed by atoms with E-state index in [2.05, 4.69) is 50.5 Å². The summed E-state index contributed by atoms with van der Waals surface area (Å²) in [5.74, 6) is 4.15. The minimum absolute atomic E-state index is 0.597. The molecule has 0 bridgehead atoms. The van der Waals surface area contributed by atoms with Gasteiger partial charge in [-0.2, -0.15) is 63.1 Å². The SMILES string of the molecule is SCCCCCCCC(CCCCCS)(CCCCCCS)CCCCCCC(S)CCCCS. The second kappa shape index (κ2) is 28.8. The predicted octanol–water partition coefficient (Wildman–Crippen LogP) is 11.4. The molecule has 0 aromatic heterocycles. The summed E-state index contributed by atoms with van der Waals surface area (Å²) in [5.41, 5.74) is 0.597. The molecule has 0 saturated heterocycles. The molecule has 0 aliphatic heterocycles. The van der Waals surface area contributed by atoms with E-state index in [0.717, 1.165) is 23.0 Å². The van der Waals surface area contributed by atoms with Gasteiger partial charge in [0.2, 0.25) is 0 Å². The van der Waals surface area contributed by atoms with Crippen LogP contribution in [0.25, 0.3) is 0 Å². The van der Waals surface area contributed by atoms with Gasteiger partial charge in [-0.15, -0.1) is 0 Å². The van der Waals surface area contributed by atoms with E-state index in [1.165, 1.54) is 154 Å². The maximum absolute atomic E-state index is 4.82. The summed E-state index contributed by atoms with van der Waals surface area (Å²) in [4.78, 5) is 0. The van der Waals surface area contributed by atoms with Crippen molar-refractivity contribution in [1.82, 2.24) is 0 Å². The third-order valence-corrected chi connectivity index (χ3v) is 9.57. The summed E-state index contributed by atoms with van der Waals surface area (Å²) >= 11 is 22.4. The molecule has 2 atom stereocenters. The Bertz CT molecular complexity index is 406. The lowest BCUT2D eigenvalue weighted by atomic mass is 9.70. The minimum Gasteiger partial charge on any atom is -0.179 e. The highest BCUT2D eigenvalue weighted by atomic mass is 32.1. The number of rotatable bonds is 29. The van der Waals surface area contributed by atoms with Crippen LogP contribution in [0.5, 0.6) is 0 Å². The van der Waals surface area contributed by atoms with Crippen LogP contribution in [0.1, 0.15) is 154 Å². The summed E-state index contributed by atoms with van der Waals surface area (Å²) < 4.78 is 0. The normalized spacial score (nSPS) is 14.3. The van der Waals surface area contributed by atoms with Crippen molar-refractivity contribution in [2.24, 2.45) is 5.41 Å². The molecule has 5 heteroatoms. The third-order valence-electron chi connectivity index (χ3n) is 7.79. The van der Waals surface area contributed by atoms with E-state index in [4.69, 9.17) is 12.6 Å². The van der Waals surface area contributed by atoms with Crippen LogP contribution in [0.15, 0.2) is 0 Å². The number of hydrogen-bond acceptors (Lipinski definition) is 5. The first-order chi connectivity index (χ1) is 17.1. The van der Waals surface area contributed by atoms with Crippen LogP contribution in [0.3, 0.4) is 0 Å². The second-order valence-corrected chi connectivity index (χ2v) is 13.5. The molecule has 0 N–H and O–H groups in total. The predicted molar refractivity (Wildman–Crippen MR) is 181 cm³/mol. The zero-order valence-corrected chi connectivity index (χ0v) is 27.6. The van der Waals surface area contributed by atoms with E-state index >= 15 is 0 Å². The van der Waals surface area contributed by atoms with Crippen molar-refractivity contribution in [1.29, 1.82) is 0 Å². The number of hydrogen-bond donors (Lipinski definition) is 5. The molecule has 0 aromatic rings. The van der Waals surface area contributed by atoms with Gasteiger partial charge in [0.25, 0.3) is 0 Å². The van der Waals surface area contributed by atoms with Gasteiger partial charge in [-0.1, -0.05) is 89.9 Å². The first-order valence-corrected chi connectivity index (χ1v) is 18.3. The topological polar surface area (TPSA) is 0 Å². The highest BCUT2D eigenvalue weighted by molar-refractivity contribution is 7.81. The first-order valence-electron chi connectivity index (χ1n) is 15.3. The molecular formula is C30H62S5. The maximum Gasteiger partial charge on any atom is 0.00168 e. The molecule has 0 aromatic carbocycles. The molecule has 0 saturated carbocycles. The zero-order valence-electron chi connectivity index (χ0n) is 23.1. The Balaban J connectivity index is 4.65. The van der Waals surface area contributed by atoms with Crippen LogP contribution in [-0.4, -0.2) is 28.3 Å². The Morgan fingerprint density at radius 1 is 0.343 bits per heavy atom. The maximum atomic E-state index is 4.82.